The Balaban J connectivity index is 1.56. The van der Waals surface area contributed by atoms with Crippen LogP contribution in [0.15, 0.2) is 53.1 Å². The Morgan fingerprint density at radius 3 is 2.29 bits per heavy atom. The average Bonchev–Trinajstić information content (AvgIpc) is 3.05. The van der Waals surface area contributed by atoms with Gasteiger partial charge in [0.05, 0.1) is 6.54 Å². The predicted molar refractivity (Wildman–Crippen MR) is 92.1 cm³/mol. The molecule has 0 saturated heterocycles. The molecule has 3 aromatic rings. The van der Waals surface area contributed by atoms with Crippen LogP contribution in [0.25, 0.3) is 11.4 Å². The monoisotopic (exact) mass is 362 g/mol. The highest BCUT2D eigenvalue weighted by Gasteiger charge is 2.10. The Morgan fingerprint density at radius 1 is 1.00 bits per heavy atom. The zero-order valence-electron chi connectivity index (χ0n) is 12.3. The Bertz CT molecular complexity index is 832. The van der Waals surface area contributed by atoms with Crippen molar-refractivity contribution in [3.63, 3.8) is 0 Å². The van der Waals surface area contributed by atoms with E-state index in [1.807, 2.05) is 0 Å². The maximum absolute atomic E-state index is 11.8. The van der Waals surface area contributed by atoms with Gasteiger partial charge in [0, 0.05) is 21.3 Å². The van der Waals surface area contributed by atoms with E-state index in [0.29, 0.717) is 27.4 Å². The molecule has 0 saturated carbocycles. The van der Waals surface area contributed by atoms with Gasteiger partial charge in [0.25, 0.3) is 0 Å². The van der Waals surface area contributed by atoms with Crippen LogP contribution in [-0.2, 0) is 6.54 Å². The first-order valence-electron chi connectivity index (χ1n) is 6.99. The second-order valence-electron chi connectivity index (χ2n) is 4.83. The van der Waals surface area contributed by atoms with Crippen LogP contribution in [0.5, 0.6) is 0 Å². The van der Waals surface area contributed by atoms with E-state index < -0.39 is 0 Å². The maximum atomic E-state index is 11.8. The lowest BCUT2D eigenvalue weighted by molar-refractivity contribution is 0.249. The van der Waals surface area contributed by atoms with Crippen molar-refractivity contribution in [3.8, 4) is 11.4 Å². The number of hydrogen-bond acceptors (Lipinski definition) is 4. The summed E-state index contributed by atoms with van der Waals surface area (Å²) in [7, 11) is 0. The average molecular weight is 363 g/mol. The van der Waals surface area contributed by atoms with Crippen LogP contribution in [0.2, 0.25) is 10.0 Å². The summed E-state index contributed by atoms with van der Waals surface area (Å²) in [6, 6.07) is 13.5. The van der Waals surface area contributed by atoms with Gasteiger partial charge in [-0.2, -0.15) is 4.98 Å². The number of nitrogens with zero attached hydrogens (tertiary/aromatic N) is 2. The number of urea groups is 1. The predicted octanol–water partition coefficient (Wildman–Crippen LogP) is 4.37. The van der Waals surface area contributed by atoms with Crippen molar-refractivity contribution in [1.82, 2.24) is 15.5 Å². The van der Waals surface area contributed by atoms with E-state index in [9.17, 15) is 4.79 Å². The van der Waals surface area contributed by atoms with Gasteiger partial charge in [-0.15, -0.1) is 0 Å². The van der Waals surface area contributed by atoms with E-state index in [1.165, 1.54) is 0 Å². The molecule has 3 rings (SSSR count). The maximum Gasteiger partial charge on any atom is 0.319 e. The number of hydrogen-bond donors (Lipinski definition) is 2. The Labute approximate surface area is 147 Å². The molecule has 1 aromatic heterocycles. The lowest BCUT2D eigenvalue weighted by Gasteiger charge is -2.05. The molecule has 1 heterocycles. The first kappa shape index (κ1) is 16.3. The summed E-state index contributed by atoms with van der Waals surface area (Å²) >= 11 is 11.6. The highest BCUT2D eigenvalue weighted by Crippen LogP contribution is 2.18. The number of aromatic nitrogens is 2. The van der Waals surface area contributed by atoms with Gasteiger partial charge in [-0.25, -0.2) is 4.79 Å². The highest BCUT2D eigenvalue weighted by atomic mass is 35.5. The van der Waals surface area contributed by atoms with Crippen molar-refractivity contribution in [2.45, 2.75) is 6.54 Å². The number of amides is 2. The number of rotatable bonds is 4. The van der Waals surface area contributed by atoms with Crippen LogP contribution in [0, 0.1) is 0 Å². The number of benzene rings is 2. The Hall–Kier alpha value is -2.57. The fourth-order valence-electron chi connectivity index (χ4n) is 1.91. The van der Waals surface area contributed by atoms with Crippen molar-refractivity contribution in [2.24, 2.45) is 0 Å². The molecule has 2 N–H and O–H groups in total. The number of carbonyl (C=O) groups is 1. The summed E-state index contributed by atoms with van der Waals surface area (Å²) in [4.78, 5) is 16.0. The molecule has 0 aliphatic rings. The van der Waals surface area contributed by atoms with Crippen LogP contribution in [-0.4, -0.2) is 16.2 Å². The summed E-state index contributed by atoms with van der Waals surface area (Å²) in [5, 5.41) is 10.4. The molecular weight excluding hydrogens is 351 g/mol. The zero-order valence-corrected chi connectivity index (χ0v) is 13.8. The summed E-state index contributed by atoms with van der Waals surface area (Å²) in [5.74, 6) is 0.729. The molecule has 122 valence electrons. The second-order valence-corrected chi connectivity index (χ2v) is 5.71. The van der Waals surface area contributed by atoms with E-state index in [1.54, 1.807) is 48.5 Å². The fraction of sp³-hybridized carbons (Fsp3) is 0.0625. The number of halogens is 2. The molecule has 0 spiro atoms. The van der Waals surface area contributed by atoms with Crippen LogP contribution >= 0.6 is 23.2 Å². The molecule has 0 aliphatic heterocycles. The third-order valence-corrected chi connectivity index (χ3v) is 3.58. The number of nitrogens with one attached hydrogen (secondary N) is 2. The van der Waals surface area contributed by atoms with Crippen LogP contribution in [0.3, 0.4) is 0 Å². The van der Waals surface area contributed by atoms with E-state index in [2.05, 4.69) is 20.8 Å². The highest BCUT2D eigenvalue weighted by molar-refractivity contribution is 6.30. The van der Waals surface area contributed by atoms with Gasteiger partial charge in [0.1, 0.15) is 0 Å². The molecular formula is C16H12Cl2N4O2. The van der Waals surface area contributed by atoms with Gasteiger partial charge >= 0.3 is 6.03 Å². The Morgan fingerprint density at radius 2 is 1.62 bits per heavy atom. The summed E-state index contributed by atoms with van der Waals surface area (Å²) in [6.07, 6.45) is 0. The van der Waals surface area contributed by atoms with E-state index in [-0.39, 0.29) is 12.6 Å². The van der Waals surface area contributed by atoms with E-state index in [0.717, 1.165) is 5.56 Å². The minimum Gasteiger partial charge on any atom is -0.337 e. The van der Waals surface area contributed by atoms with Crippen molar-refractivity contribution in [1.29, 1.82) is 0 Å². The molecule has 8 heteroatoms. The lowest BCUT2D eigenvalue weighted by Crippen LogP contribution is -2.28. The molecule has 0 fully saturated rings. The molecule has 0 bridgehead atoms. The Kier molecular flexibility index (Phi) is 4.98. The molecule has 6 nitrogen and oxygen atoms in total. The van der Waals surface area contributed by atoms with Crippen LogP contribution in [0.1, 0.15) is 5.89 Å². The summed E-state index contributed by atoms with van der Waals surface area (Å²) in [6.45, 7) is 0.111. The molecule has 2 amide bonds. The number of carbonyl (C=O) groups excluding carboxylic acids is 1. The SMILES string of the molecule is O=C(NCc1nc(-c2ccc(Cl)cc2)no1)Nc1ccc(Cl)cc1. The first-order valence-corrected chi connectivity index (χ1v) is 7.75. The lowest BCUT2D eigenvalue weighted by atomic mass is 10.2. The molecule has 0 aliphatic carbocycles. The molecule has 24 heavy (non-hydrogen) atoms. The molecule has 0 atom stereocenters. The quantitative estimate of drug-likeness (QED) is 0.722. The largest absolute Gasteiger partial charge is 0.337 e. The van der Waals surface area contributed by atoms with Gasteiger partial charge in [0.2, 0.25) is 11.7 Å². The van der Waals surface area contributed by atoms with Gasteiger partial charge in [-0.05, 0) is 48.5 Å². The van der Waals surface area contributed by atoms with Gasteiger partial charge in [-0.1, -0.05) is 28.4 Å². The third kappa shape index (κ3) is 4.24. The van der Waals surface area contributed by atoms with E-state index >= 15 is 0 Å². The van der Waals surface area contributed by atoms with Crippen molar-refractivity contribution in [2.75, 3.05) is 5.32 Å². The van der Waals surface area contributed by atoms with Gasteiger partial charge in [-0.3, -0.25) is 0 Å². The third-order valence-electron chi connectivity index (χ3n) is 3.07. The number of anilines is 1. The molecule has 2 aromatic carbocycles. The first-order chi connectivity index (χ1) is 11.6. The zero-order chi connectivity index (χ0) is 16.9. The van der Waals surface area contributed by atoms with Crippen molar-refractivity contribution < 1.29 is 9.32 Å². The van der Waals surface area contributed by atoms with Crippen LogP contribution in [0.4, 0.5) is 10.5 Å². The van der Waals surface area contributed by atoms with Crippen molar-refractivity contribution >= 4 is 34.9 Å². The van der Waals surface area contributed by atoms with E-state index in [4.69, 9.17) is 27.7 Å². The smallest absolute Gasteiger partial charge is 0.319 e. The summed E-state index contributed by atoms with van der Waals surface area (Å²) < 4.78 is 5.11. The van der Waals surface area contributed by atoms with Gasteiger partial charge in [0.15, 0.2) is 0 Å². The minimum absolute atomic E-state index is 0.111. The van der Waals surface area contributed by atoms with Gasteiger partial charge < -0.3 is 15.2 Å². The van der Waals surface area contributed by atoms with Crippen LogP contribution < -0.4 is 10.6 Å². The minimum atomic E-state index is -0.386. The standard InChI is InChI=1S/C16H12Cl2N4O2/c17-11-3-1-10(2-4-11)15-21-14(24-22-15)9-19-16(23)20-13-7-5-12(18)6-8-13/h1-8H,9H2,(H2,19,20,23). The van der Waals surface area contributed by atoms with Crippen molar-refractivity contribution in [3.05, 3.63) is 64.5 Å². The second kappa shape index (κ2) is 7.33. The summed E-state index contributed by atoms with van der Waals surface area (Å²) in [5.41, 5.74) is 1.41. The molecule has 0 unspecified atom stereocenters. The normalized spacial score (nSPS) is 10.4. The molecule has 0 radical (unpaired) electrons. The fourth-order valence-corrected chi connectivity index (χ4v) is 2.16. The topological polar surface area (TPSA) is 80.1 Å².